The average Bonchev–Trinajstić information content (AvgIpc) is 2.89. The molecule has 0 saturated heterocycles. The van der Waals surface area contributed by atoms with E-state index in [1.165, 1.54) is 28.5 Å². The lowest BCUT2D eigenvalue weighted by atomic mass is 10.1. The summed E-state index contributed by atoms with van der Waals surface area (Å²) in [5.74, 6) is 0.968. The number of benzene rings is 1. The molecule has 10 heteroatoms. The Morgan fingerprint density at radius 3 is 2.54 bits per heavy atom. The smallest absolute Gasteiger partial charge is 0.382 e. The molecule has 1 aromatic carbocycles. The van der Waals surface area contributed by atoms with Gasteiger partial charge in [-0.25, -0.2) is 14.8 Å². The number of hydrogen-bond acceptors (Lipinski definition) is 5. The van der Waals surface area contributed by atoms with Gasteiger partial charge in [0.15, 0.2) is 16.6 Å². The van der Waals surface area contributed by atoms with Gasteiger partial charge in [-0.15, -0.1) is 0 Å². The minimum Gasteiger partial charge on any atom is -0.382 e. The van der Waals surface area contributed by atoms with Crippen LogP contribution in [0.15, 0.2) is 34.2 Å². The molecule has 3 N–H and O–H groups in total. The van der Waals surface area contributed by atoms with Crippen LogP contribution in [0, 0.1) is 0 Å². The monoisotopic (exact) mass is 383 g/mol. The SMILES string of the molecule is CCCSc1nc(N)c2[nH]c(=O)n(Cc3ccc(C(F)(F)F)cc3)c2n1. The molecule has 0 aliphatic heterocycles. The van der Waals surface area contributed by atoms with Crippen LogP contribution in [0.4, 0.5) is 19.0 Å². The number of rotatable bonds is 5. The summed E-state index contributed by atoms with van der Waals surface area (Å²) in [5, 5.41) is 0.456. The van der Waals surface area contributed by atoms with Gasteiger partial charge in [-0.3, -0.25) is 4.57 Å². The highest BCUT2D eigenvalue weighted by atomic mass is 32.2. The van der Waals surface area contributed by atoms with Crippen molar-refractivity contribution in [2.75, 3.05) is 11.5 Å². The lowest BCUT2D eigenvalue weighted by Crippen LogP contribution is -2.18. The van der Waals surface area contributed by atoms with Crippen molar-refractivity contribution in [3.05, 3.63) is 45.9 Å². The van der Waals surface area contributed by atoms with Crippen LogP contribution >= 0.6 is 11.8 Å². The number of nitrogens with two attached hydrogens (primary N) is 1. The van der Waals surface area contributed by atoms with Gasteiger partial charge in [0, 0.05) is 5.75 Å². The Morgan fingerprint density at radius 1 is 1.23 bits per heavy atom. The summed E-state index contributed by atoms with van der Waals surface area (Å²) in [5.41, 5.74) is 5.91. The van der Waals surface area contributed by atoms with Gasteiger partial charge < -0.3 is 10.7 Å². The molecule has 0 spiro atoms. The van der Waals surface area contributed by atoms with E-state index in [2.05, 4.69) is 15.0 Å². The zero-order valence-electron chi connectivity index (χ0n) is 13.8. The average molecular weight is 383 g/mol. The van der Waals surface area contributed by atoms with E-state index in [-0.39, 0.29) is 12.4 Å². The summed E-state index contributed by atoms with van der Waals surface area (Å²) < 4.78 is 39.3. The molecule has 138 valence electrons. The van der Waals surface area contributed by atoms with Gasteiger partial charge in [0.05, 0.1) is 12.1 Å². The first-order chi connectivity index (χ1) is 12.3. The Labute approximate surface area is 150 Å². The molecule has 0 bridgehead atoms. The first-order valence-electron chi connectivity index (χ1n) is 7.84. The highest BCUT2D eigenvalue weighted by molar-refractivity contribution is 7.99. The number of imidazole rings is 1. The number of H-pyrrole nitrogens is 1. The fourth-order valence-electron chi connectivity index (χ4n) is 2.42. The predicted octanol–water partition coefficient (Wildman–Crippen LogP) is 3.27. The second-order valence-corrected chi connectivity index (χ2v) is 6.71. The molecular weight excluding hydrogens is 367 g/mol. The number of halogens is 3. The number of anilines is 1. The van der Waals surface area contributed by atoms with E-state index in [1.54, 1.807) is 0 Å². The lowest BCUT2D eigenvalue weighted by Gasteiger charge is -2.08. The Kier molecular flexibility index (Phi) is 4.94. The maximum absolute atomic E-state index is 12.7. The Balaban J connectivity index is 1.98. The quantitative estimate of drug-likeness (QED) is 0.521. The van der Waals surface area contributed by atoms with E-state index in [0.717, 1.165) is 24.3 Å². The number of fused-ring (bicyclic) bond motifs is 1. The number of thioether (sulfide) groups is 1. The molecule has 3 aromatic rings. The van der Waals surface area contributed by atoms with Crippen LogP contribution in [0.1, 0.15) is 24.5 Å². The van der Waals surface area contributed by atoms with Crippen LogP contribution in [-0.2, 0) is 12.7 Å². The van der Waals surface area contributed by atoms with Crippen molar-refractivity contribution < 1.29 is 13.2 Å². The molecule has 2 heterocycles. The standard InChI is InChI=1S/C16H16F3N5OS/c1-2-7-26-14-22-12(20)11-13(23-14)24(15(25)21-11)8-9-3-5-10(6-4-9)16(17,18)19/h3-6H,2,7-8H2,1H3,(H,21,25)(H2,20,22,23). The molecule has 2 aromatic heterocycles. The first kappa shape index (κ1) is 18.3. The summed E-state index contributed by atoms with van der Waals surface area (Å²) in [6.07, 6.45) is -3.47. The second kappa shape index (κ2) is 7.02. The summed E-state index contributed by atoms with van der Waals surface area (Å²) in [6, 6.07) is 4.65. The molecule has 26 heavy (non-hydrogen) atoms. The normalized spacial score (nSPS) is 12.0. The van der Waals surface area contributed by atoms with E-state index in [1.807, 2.05) is 6.92 Å². The zero-order chi connectivity index (χ0) is 18.9. The molecule has 3 rings (SSSR count). The molecule has 0 fully saturated rings. The zero-order valence-corrected chi connectivity index (χ0v) is 14.6. The molecule has 0 radical (unpaired) electrons. The van der Waals surface area contributed by atoms with Crippen molar-refractivity contribution >= 4 is 28.7 Å². The van der Waals surface area contributed by atoms with Crippen LogP contribution in [0.3, 0.4) is 0 Å². The molecule has 6 nitrogen and oxygen atoms in total. The van der Waals surface area contributed by atoms with Crippen LogP contribution in [0.5, 0.6) is 0 Å². The molecule has 0 unspecified atom stereocenters. The number of aromatic amines is 1. The fourth-order valence-corrected chi connectivity index (χ4v) is 3.12. The van der Waals surface area contributed by atoms with Crippen LogP contribution in [0.2, 0.25) is 0 Å². The van der Waals surface area contributed by atoms with Crippen molar-refractivity contribution in [1.82, 2.24) is 19.5 Å². The third-order valence-electron chi connectivity index (χ3n) is 3.69. The molecule has 0 amide bonds. The molecule has 0 atom stereocenters. The van der Waals surface area contributed by atoms with Crippen molar-refractivity contribution in [2.45, 2.75) is 31.2 Å². The molecule has 0 aliphatic carbocycles. The number of nitrogens with one attached hydrogen (secondary N) is 1. The van der Waals surface area contributed by atoms with E-state index >= 15 is 0 Å². The summed E-state index contributed by atoms with van der Waals surface area (Å²) in [6.45, 7) is 2.09. The van der Waals surface area contributed by atoms with Crippen molar-refractivity contribution in [3.8, 4) is 0 Å². The Morgan fingerprint density at radius 2 is 1.92 bits per heavy atom. The van der Waals surface area contributed by atoms with Crippen LogP contribution in [-0.4, -0.2) is 25.3 Å². The third kappa shape index (κ3) is 3.69. The minimum atomic E-state index is -4.40. The maximum atomic E-state index is 12.7. The van der Waals surface area contributed by atoms with Gasteiger partial charge in [-0.05, 0) is 24.1 Å². The number of hydrogen-bond donors (Lipinski definition) is 2. The lowest BCUT2D eigenvalue weighted by molar-refractivity contribution is -0.137. The van der Waals surface area contributed by atoms with Crippen LogP contribution in [0.25, 0.3) is 11.2 Å². The van der Waals surface area contributed by atoms with Crippen molar-refractivity contribution in [2.24, 2.45) is 0 Å². The van der Waals surface area contributed by atoms with Gasteiger partial charge >= 0.3 is 11.9 Å². The van der Waals surface area contributed by atoms with Gasteiger partial charge in [-0.1, -0.05) is 30.8 Å². The van der Waals surface area contributed by atoms with Gasteiger partial charge in [0.25, 0.3) is 0 Å². The van der Waals surface area contributed by atoms with E-state index in [0.29, 0.717) is 21.9 Å². The number of aromatic nitrogens is 4. The van der Waals surface area contributed by atoms with E-state index < -0.39 is 17.4 Å². The summed E-state index contributed by atoms with van der Waals surface area (Å²) in [7, 11) is 0. The van der Waals surface area contributed by atoms with E-state index in [4.69, 9.17) is 5.73 Å². The Hall–Kier alpha value is -2.49. The van der Waals surface area contributed by atoms with Gasteiger partial charge in [0.2, 0.25) is 0 Å². The minimum absolute atomic E-state index is 0.0747. The summed E-state index contributed by atoms with van der Waals surface area (Å²) in [4.78, 5) is 23.4. The molecular formula is C16H16F3N5OS. The third-order valence-corrected chi connectivity index (χ3v) is 4.74. The first-order valence-corrected chi connectivity index (χ1v) is 8.83. The summed E-state index contributed by atoms with van der Waals surface area (Å²) >= 11 is 1.42. The number of alkyl halides is 3. The topological polar surface area (TPSA) is 89.6 Å². The number of nitrogens with zero attached hydrogens (tertiary/aromatic N) is 3. The Bertz CT molecular complexity index is 978. The largest absolute Gasteiger partial charge is 0.416 e. The van der Waals surface area contributed by atoms with Crippen molar-refractivity contribution in [1.29, 1.82) is 0 Å². The highest BCUT2D eigenvalue weighted by Crippen LogP contribution is 2.29. The maximum Gasteiger partial charge on any atom is 0.416 e. The van der Waals surface area contributed by atoms with E-state index in [9.17, 15) is 18.0 Å². The number of nitrogen functional groups attached to an aromatic ring is 1. The predicted molar refractivity (Wildman–Crippen MR) is 94.1 cm³/mol. The van der Waals surface area contributed by atoms with Gasteiger partial charge in [0.1, 0.15) is 5.52 Å². The highest BCUT2D eigenvalue weighted by Gasteiger charge is 2.30. The van der Waals surface area contributed by atoms with Crippen molar-refractivity contribution in [3.63, 3.8) is 0 Å². The second-order valence-electron chi connectivity index (χ2n) is 5.65. The molecule has 0 saturated carbocycles. The van der Waals surface area contributed by atoms with Gasteiger partial charge in [-0.2, -0.15) is 13.2 Å². The fraction of sp³-hybridized carbons (Fsp3) is 0.312. The molecule has 0 aliphatic rings. The van der Waals surface area contributed by atoms with Crippen LogP contribution < -0.4 is 11.4 Å².